The molecule has 1 amide bonds. The molecule has 2 rings (SSSR count). The van der Waals surface area contributed by atoms with Gasteiger partial charge in [-0.05, 0) is 19.1 Å². The van der Waals surface area contributed by atoms with Crippen molar-refractivity contribution in [3.8, 4) is 0 Å². The van der Waals surface area contributed by atoms with Gasteiger partial charge in [-0.15, -0.1) is 11.8 Å². The van der Waals surface area contributed by atoms with E-state index < -0.39 is 0 Å². The second-order valence-corrected chi connectivity index (χ2v) is 7.31. The van der Waals surface area contributed by atoms with E-state index in [1.165, 1.54) is 0 Å². The molecule has 0 aliphatic carbocycles. The van der Waals surface area contributed by atoms with Crippen LogP contribution in [0.3, 0.4) is 0 Å². The van der Waals surface area contributed by atoms with Crippen molar-refractivity contribution in [1.82, 2.24) is 15.0 Å². The number of imidazole rings is 1. The van der Waals surface area contributed by atoms with E-state index in [0.29, 0.717) is 11.5 Å². The highest BCUT2D eigenvalue weighted by molar-refractivity contribution is 8.00. The third-order valence-electron chi connectivity index (χ3n) is 2.34. The lowest BCUT2D eigenvalue weighted by atomic mass is 10.2. The number of nitrogens with zero attached hydrogens (tertiary/aromatic N) is 2. The van der Waals surface area contributed by atoms with Crippen LogP contribution in [0.2, 0.25) is 0 Å². The van der Waals surface area contributed by atoms with Crippen LogP contribution in [-0.2, 0) is 0 Å². The van der Waals surface area contributed by atoms with Gasteiger partial charge in [0.15, 0.2) is 0 Å². The average Bonchev–Trinajstić information content (AvgIpc) is 2.73. The second kappa shape index (κ2) is 5.66. The highest BCUT2D eigenvalue weighted by Gasteiger charge is 2.15. The van der Waals surface area contributed by atoms with Gasteiger partial charge in [0.2, 0.25) is 5.95 Å². The van der Waals surface area contributed by atoms with E-state index in [4.69, 9.17) is 0 Å². The van der Waals surface area contributed by atoms with Gasteiger partial charge in [0.1, 0.15) is 0 Å². The van der Waals surface area contributed by atoms with E-state index in [1.54, 1.807) is 36.3 Å². The van der Waals surface area contributed by atoms with Crippen LogP contribution in [0.25, 0.3) is 0 Å². The summed E-state index contributed by atoms with van der Waals surface area (Å²) in [5, 5.41) is 3.56. The molecule has 2 heterocycles. The van der Waals surface area contributed by atoms with Crippen LogP contribution in [0.15, 0.2) is 29.6 Å². The number of aryl methyl sites for hydroxylation is 1. The van der Waals surface area contributed by atoms with Crippen LogP contribution in [-0.4, -0.2) is 25.6 Å². The van der Waals surface area contributed by atoms with Gasteiger partial charge in [-0.1, -0.05) is 20.8 Å². The summed E-state index contributed by atoms with van der Waals surface area (Å²) >= 11 is 1.63. The van der Waals surface area contributed by atoms with Gasteiger partial charge in [-0.2, -0.15) is 0 Å². The fourth-order valence-corrected chi connectivity index (χ4v) is 2.50. The number of aromatic nitrogens is 3. The lowest BCUT2D eigenvalue weighted by molar-refractivity contribution is 0.102. The third-order valence-corrected chi connectivity index (χ3v) is 3.39. The summed E-state index contributed by atoms with van der Waals surface area (Å²) in [6.45, 7) is 8.21. The van der Waals surface area contributed by atoms with Crippen LogP contribution in [0, 0.1) is 6.92 Å². The van der Waals surface area contributed by atoms with E-state index in [9.17, 15) is 4.79 Å². The molecular formula is C14H18N4OS. The fraction of sp³-hybridized carbons (Fsp3) is 0.357. The number of thioether (sulfide) groups is 1. The van der Waals surface area contributed by atoms with Gasteiger partial charge in [0.05, 0.1) is 5.03 Å². The minimum Gasteiger partial charge on any atom is -0.328 e. The van der Waals surface area contributed by atoms with E-state index in [2.05, 4.69) is 41.0 Å². The molecule has 6 heteroatoms. The molecular weight excluding hydrogens is 272 g/mol. The van der Waals surface area contributed by atoms with Gasteiger partial charge in [-0.3, -0.25) is 10.1 Å². The number of amides is 1. The topological polar surface area (TPSA) is 70.7 Å². The highest BCUT2D eigenvalue weighted by atomic mass is 32.2. The minimum absolute atomic E-state index is 0.0558. The Kier molecular flexibility index (Phi) is 4.13. The molecule has 0 spiro atoms. The lowest BCUT2D eigenvalue weighted by Gasteiger charge is -2.16. The summed E-state index contributed by atoms with van der Waals surface area (Å²) in [5.74, 6) is 0.256. The number of H-pyrrole nitrogens is 1. The molecule has 0 atom stereocenters. The Morgan fingerprint density at radius 2 is 2.10 bits per heavy atom. The Morgan fingerprint density at radius 3 is 2.70 bits per heavy atom. The van der Waals surface area contributed by atoms with Gasteiger partial charge in [0.25, 0.3) is 5.91 Å². The van der Waals surface area contributed by atoms with Crippen molar-refractivity contribution in [3.63, 3.8) is 0 Å². The first-order valence-corrected chi connectivity index (χ1v) is 7.13. The maximum atomic E-state index is 12.1. The summed E-state index contributed by atoms with van der Waals surface area (Å²) in [5.41, 5.74) is 1.47. The van der Waals surface area contributed by atoms with Crippen molar-refractivity contribution in [3.05, 3.63) is 35.8 Å². The largest absolute Gasteiger partial charge is 0.328 e. The molecule has 2 aromatic heterocycles. The first kappa shape index (κ1) is 14.6. The first-order chi connectivity index (χ1) is 9.33. The zero-order valence-electron chi connectivity index (χ0n) is 12.0. The number of nitrogens with one attached hydrogen (secondary N) is 2. The van der Waals surface area contributed by atoms with E-state index >= 15 is 0 Å². The molecule has 0 unspecified atom stereocenters. The number of rotatable bonds is 3. The number of aromatic amines is 1. The zero-order chi connectivity index (χ0) is 14.8. The van der Waals surface area contributed by atoms with Crippen molar-refractivity contribution < 1.29 is 4.79 Å². The fourth-order valence-electron chi connectivity index (χ4n) is 1.58. The second-order valence-electron chi connectivity index (χ2n) is 5.47. The average molecular weight is 290 g/mol. The predicted molar refractivity (Wildman–Crippen MR) is 81.1 cm³/mol. The molecule has 0 aliphatic heterocycles. The van der Waals surface area contributed by atoms with E-state index in [1.807, 2.05) is 6.92 Å². The van der Waals surface area contributed by atoms with Gasteiger partial charge in [-0.25, -0.2) is 9.97 Å². The standard InChI is InChI=1S/C14H18N4OS/c1-9-8-16-13(17-9)18-12(19)10-5-6-15-11(7-10)20-14(2,3)4/h5-8H,1-4H3,(H2,16,17,18,19). The quantitative estimate of drug-likeness (QED) is 0.851. The smallest absolute Gasteiger partial charge is 0.258 e. The molecule has 2 N–H and O–H groups in total. The zero-order valence-corrected chi connectivity index (χ0v) is 12.8. The Bertz CT molecular complexity index is 616. The summed E-state index contributed by atoms with van der Waals surface area (Å²) in [7, 11) is 0. The number of pyridine rings is 1. The monoisotopic (exact) mass is 290 g/mol. The van der Waals surface area contributed by atoms with E-state index in [0.717, 1.165) is 10.7 Å². The van der Waals surface area contributed by atoms with Crippen molar-refractivity contribution in [1.29, 1.82) is 0 Å². The van der Waals surface area contributed by atoms with Crippen LogP contribution in [0.1, 0.15) is 36.8 Å². The SMILES string of the molecule is Cc1cnc(NC(=O)c2ccnc(SC(C)(C)C)c2)[nH]1. The lowest BCUT2D eigenvalue weighted by Crippen LogP contribution is -2.14. The van der Waals surface area contributed by atoms with Crippen molar-refractivity contribution >= 4 is 23.6 Å². The molecule has 0 saturated carbocycles. The highest BCUT2D eigenvalue weighted by Crippen LogP contribution is 2.30. The van der Waals surface area contributed by atoms with Crippen LogP contribution < -0.4 is 5.32 Å². The predicted octanol–water partition coefficient (Wildman–Crippen LogP) is 3.26. The molecule has 0 aromatic carbocycles. The number of carbonyl (C=O) groups excluding carboxylic acids is 1. The molecule has 0 fully saturated rings. The maximum absolute atomic E-state index is 12.1. The normalized spacial score (nSPS) is 11.4. The molecule has 5 nitrogen and oxygen atoms in total. The first-order valence-electron chi connectivity index (χ1n) is 6.31. The Balaban J connectivity index is 2.12. The summed E-state index contributed by atoms with van der Waals surface area (Å²) in [4.78, 5) is 23.4. The number of carbonyl (C=O) groups is 1. The molecule has 2 aromatic rings. The number of anilines is 1. The van der Waals surface area contributed by atoms with E-state index in [-0.39, 0.29) is 10.7 Å². The van der Waals surface area contributed by atoms with Crippen molar-refractivity contribution in [2.75, 3.05) is 5.32 Å². The van der Waals surface area contributed by atoms with Gasteiger partial charge >= 0.3 is 0 Å². The number of hydrogen-bond acceptors (Lipinski definition) is 4. The number of hydrogen-bond donors (Lipinski definition) is 2. The summed E-state index contributed by atoms with van der Waals surface area (Å²) in [6, 6.07) is 3.49. The third kappa shape index (κ3) is 4.09. The summed E-state index contributed by atoms with van der Waals surface area (Å²) in [6.07, 6.45) is 3.32. The molecule has 0 aliphatic rings. The van der Waals surface area contributed by atoms with Gasteiger partial charge < -0.3 is 4.98 Å². The van der Waals surface area contributed by atoms with Crippen molar-refractivity contribution in [2.45, 2.75) is 37.5 Å². The van der Waals surface area contributed by atoms with Crippen LogP contribution in [0.5, 0.6) is 0 Å². The van der Waals surface area contributed by atoms with Crippen LogP contribution >= 0.6 is 11.8 Å². The van der Waals surface area contributed by atoms with Gasteiger partial charge in [0, 0.05) is 28.4 Å². The molecule has 0 radical (unpaired) electrons. The minimum atomic E-state index is -0.197. The molecule has 20 heavy (non-hydrogen) atoms. The molecule has 0 bridgehead atoms. The van der Waals surface area contributed by atoms with Crippen molar-refractivity contribution in [2.24, 2.45) is 0 Å². The Hall–Kier alpha value is -1.82. The maximum Gasteiger partial charge on any atom is 0.258 e. The summed E-state index contributed by atoms with van der Waals surface area (Å²) < 4.78 is 0.0558. The molecule has 0 saturated heterocycles. The van der Waals surface area contributed by atoms with Crippen LogP contribution in [0.4, 0.5) is 5.95 Å². The Labute approximate surface area is 122 Å². The Morgan fingerprint density at radius 1 is 1.35 bits per heavy atom. The molecule has 106 valence electrons.